The standard InChI is InChI=1S/C21H24N6OS/c1-22-21(23-11-6-10-20-26-25-19-9-4-5-12-27(19)20)24-14-16(28)18-13-15-7-2-3-8-17(15)29-18/h2-5,7-9,12-13,16,28H,6,10-11,14H2,1H3,(H2,22,23,24). The number of aliphatic hydroxyl groups is 1. The number of hydrogen-bond acceptors (Lipinski definition) is 5. The SMILES string of the molecule is CN=C(NCCCc1nnc2ccccn12)NCC(O)c1cc2ccccc2s1. The van der Waals surface area contributed by atoms with E-state index >= 15 is 0 Å². The number of aryl methyl sites for hydroxylation is 1. The predicted octanol–water partition coefficient (Wildman–Crippen LogP) is 2.78. The highest BCUT2D eigenvalue weighted by atomic mass is 32.1. The number of hydrogen-bond donors (Lipinski definition) is 3. The fourth-order valence-electron chi connectivity index (χ4n) is 3.20. The Morgan fingerprint density at radius 3 is 2.90 bits per heavy atom. The first kappa shape index (κ1) is 19.4. The number of aromatic nitrogens is 3. The highest BCUT2D eigenvalue weighted by molar-refractivity contribution is 7.19. The second kappa shape index (κ2) is 9.02. The fourth-order valence-corrected chi connectivity index (χ4v) is 4.25. The van der Waals surface area contributed by atoms with Crippen LogP contribution < -0.4 is 10.6 Å². The summed E-state index contributed by atoms with van der Waals surface area (Å²) in [5.41, 5.74) is 0.864. The molecule has 3 N–H and O–H groups in total. The van der Waals surface area contributed by atoms with Gasteiger partial charge in [0.15, 0.2) is 11.6 Å². The van der Waals surface area contributed by atoms with E-state index in [2.05, 4.69) is 38.0 Å². The molecule has 1 aromatic carbocycles. The van der Waals surface area contributed by atoms with E-state index in [0.29, 0.717) is 12.5 Å². The number of rotatable bonds is 7. The minimum absolute atomic E-state index is 0.404. The number of aliphatic hydroxyl groups excluding tert-OH is 1. The van der Waals surface area contributed by atoms with Gasteiger partial charge in [0.1, 0.15) is 11.9 Å². The van der Waals surface area contributed by atoms with E-state index in [9.17, 15) is 5.11 Å². The molecule has 3 aromatic heterocycles. The summed E-state index contributed by atoms with van der Waals surface area (Å²) in [7, 11) is 1.73. The van der Waals surface area contributed by atoms with Crippen LogP contribution in [0.2, 0.25) is 0 Å². The summed E-state index contributed by atoms with van der Waals surface area (Å²) in [6, 6.07) is 16.1. The molecular weight excluding hydrogens is 384 g/mol. The molecule has 7 nitrogen and oxygen atoms in total. The monoisotopic (exact) mass is 408 g/mol. The largest absolute Gasteiger partial charge is 0.386 e. The maximum atomic E-state index is 10.5. The van der Waals surface area contributed by atoms with Gasteiger partial charge in [-0.05, 0) is 36.1 Å². The van der Waals surface area contributed by atoms with Crippen LogP contribution in [0.5, 0.6) is 0 Å². The number of thiophene rings is 1. The zero-order valence-corrected chi connectivity index (χ0v) is 17.1. The topological polar surface area (TPSA) is 86.8 Å². The van der Waals surface area contributed by atoms with Gasteiger partial charge in [0.05, 0.1) is 0 Å². The summed E-state index contributed by atoms with van der Waals surface area (Å²) in [4.78, 5) is 5.19. The zero-order chi connectivity index (χ0) is 20.1. The lowest BCUT2D eigenvalue weighted by atomic mass is 10.2. The summed E-state index contributed by atoms with van der Waals surface area (Å²) in [5.74, 6) is 1.63. The molecule has 0 bridgehead atoms. The molecule has 4 aromatic rings. The minimum atomic E-state index is -0.576. The molecule has 0 spiro atoms. The van der Waals surface area contributed by atoms with Gasteiger partial charge >= 0.3 is 0 Å². The van der Waals surface area contributed by atoms with Gasteiger partial charge in [0, 0.05) is 42.3 Å². The van der Waals surface area contributed by atoms with Gasteiger partial charge in [0.25, 0.3) is 0 Å². The third kappa shape index (κ3) is 4.55. The zero-order valence-electron chi connectivity index (χ0n) is 16.2. The summed E-state index contributed by atoms with van der Waals surface area (Å²) in [6.45, 7) is 1.15. The van der Waals surface area contributed by atoms with Gasteiger partial charge in [-0.1, -0.05) is 24.3 Å². The van der Waals surface area contributed by atoms with E-state index in [1.165, 1.54) is 4.70 Å². The Kier molecular flexibility index (Phi) is 6.02. The molecule has 8 heteroatoms. The number of benzene rings is 1. The maximum Gasteiger partial charge on any atom is 0.191 e. The van der Waals surface area contributed by atoms with Crippen LogP contribution in [0.25, 0.3) is 15.7 Å². The summed E-state index contributed by atoms with van der Waals surface area (Å²) >= 11 is 1.62. The van der Waals surface area contributed by atoms with Gasteiger partial charge < -0.3 is 15.7 Å². The highest BCUT2D eigenvalue weighted by Gasteiger charge is 2.12. The van der Waals surface area contributed by atoms with Gasteiger partial charge in [-0.15, -0.1) is 21.5 Å². The molecular formula is C21H24N6OS. The Morgan fingerprint density at radius 2 is 2.03 bits per heavy atom. The van der Waals surface area contributed by atoms with E-state index in [1.807, 2.05) is 47.0 Å². The molecule has 1 unspecified atom stereocenters. The van der Waals surface area contributed by atoms with Crippen molar-refractivity contribution in [2.75, 3.05) is 20.1 Å². The van der Waals surface area contributed by atoms with Crippen LogP contribution in [0.15, 0.2) is 59.7 Å². The maximum absolute atomic E-state index is 10.5. The Balaban J connectivity index is 1.24. The van der Waals surface area contributed by atoms with E-state index in [0.717, 1.165) is 41.1 Å². The fraction of sp³-hybridized carbons (Fsp3) is 0.286. The molecule has 0 aliphatic heterocycles. The molecule has 0 radical (unpaired) electrons. The molecule has 0 aliphatic rings. The molecule has 4 rings (SSSR count). The Bertz CT molecular complexity index is 1090. The van der Waals surface area contributed by atoms with Crippen molar-refractivity contribution in [3.63, 3.8) is 0 Å². The summed E-state index contributed by atoms with van der Waals surface area (Å²) < 4.78 is 3.19. The van der Waals surface area contributed by atoms with E-state index in [4.69, 9.17) is 0 Å². The normalized spacial score (nSPS) is 13.1. The van der Waals surface area contributed by atoms with E-state index in [-0.39, 0.29) is 0 Å². The molecule has 0 saturated heterocycles. The second-order valence-corrected chi connectivity index (χ2v) is 7.85. The number of aliphatic imine (C=N–C) groups is 1. The van der Waals surface area contributed by atoms with Gasteiger partial charge in [-0.25, -0.2) is 0 Å². The van der Waals surface area contributed by atoms with Gasteiger partial charge in [-0.3, -0.25) is 9.39 Å². The summed E-state index contributed by atoms with van der Waals surface area (Å²) in [6.07, 6.45) is 3.12. The lowest BCUT2D eigenvalue weighted by molar-refractivity contribution is 0.184. The number of pyridine rings is 1. The second-order valence-electron chi connectivity index (χ2n) is 6.73. The molecule has 1 atom stereocenters. The van der Waals surface area contributed by atoms with Crippen LogP contribution in [0.4, 0.5) is 0 Å². The smallest absolute Gasteiger partial charge is 0.191 e. The van der Waals surface area contributed by atoms with Gasteiger partial charge in [-0.2, -0.15) is 0 Å². The van der Waals surface area contributed by atoms with E-state index < -0.39 is 6.10 Å². The average molecular weight is 409 g/mol. The molecule has 150 valence electrons. The van der Waals surface area contributed by atoms with Crippen molar-refractivity contribution in [2.45, 2.75) is 18.9 Å². The van der Waals surface area contributed by atoms with Crippen molar-refractivity contribution in [2.24, 2.45) is 4.99 Å². The average Bonchev–Trinajstić information content (AvgIpc) is 3.37. The van der Waals surface area contributed by atoms with Gasteiger partial charge in [0.2, 0.25) is 0 Å². The van der Waals surface area contributed by atoms with Crippen LogP contribution in [-0.4, -0.2) is 45.8 Å². The van der Waals surface area contributed by atoms with Crippen molar-refractivity contribution >= 4 is 33.0 Å². The molecule has 29 heavy (non-hydrogen) atoms. The molecule has 0 aliphatic carbocycles. The Labute approximate surface area is 173 Å². The Hall–Kier alpha value is -2.97. The van der Waals surface area contributed by atoms with Crippen LogP contribution in [0.3, 0.4) is 0 Å². The number of nitrogens with one attached hydrogen (secondary N) is 2. The quantitative estimate of drug-likeness (QED) is 0.249. The van der Waals surface area contributed by atoms with Crippen LogP contribution in [0.1, 0.15) is 23.2 Å². The van der Waals surface area contributed by atoms with E-state index in [1.54, 1.807) is 18.4 Å². The first-order chi connectivity index (χ1) is 14.2. The van der Waals surface area contributed by atoms with Crippen molar-refractivity contribution in [1.29, 1.82) is 0 Å². The third-order valence-corrected chi connectivity index (χ3v) is 5.93. The lowest BCUT2D eigenvalue weighted by Gasteiger charge is -2.14. The van der Waals surface area contributed by atoms with Crippen molar-refractivity contribution in [3.8, 4) is 0 Å². The molecule has 0 fully saturated rings. The molecule has 0 saturated carbocycles. The highest BCUT2D eigenvalue weighted by Crippen LogP contribution is 2.29. The van der Waals surface area contributed by atoms with Crippen LogP contribution in [0, 0.1) is 0 Å². The Morgan fingerprint density at radius 1 is 1.17 bits per heavy atom. The third-order valence-electron chi connectivity index (χ3n) is 4.71. The number of fused-ring (bicyclic) bond motifs is 2. The van der Waals surface area contributed by atoms with Crippen LogP contribution in [-0.2, 0) is 6.42 Å². The van der Waals surface area contributed by atoms with Crippen LogP contribution >= 0.6 is 11.3 Å². The lowest BCUT2D eigenvalue weighted by Crippen LogP contribution is -2.39. The first-order valence-electron chi connectivity index (χ1n) is 9.64. The predicted molar refractivity (Wildman–Crippen MR) is 117 cm³/mol. The number of guanidine groups is 1. The first-order valence-corrected chi connectivity index (χ1v) is 10.5. The molecule has 3 heterocycles. The number of nitrogens with zero attached hydrogens (tertiary/aromatic N) is 4. The van der Waals surface area contributed by atoms with Crippen molar-refractivity contribution in [3.05, 3.63) is 65.4 Å². The summed E-state index contributed by atoms with van der Waals surface area (Å²) in [5, 5.41) is 26.6. The van der Waals surface area contributed by atoms with Crippen molar-refractivity contribution in [1.82, 2.24) is 25.2 Å². The molecule has 0 amide bonds. The minimum Gasteiger partial charge on any atom is -0.386 e. The van der Waals surface area contributed by atoms with Crippen molar-refractivity contribution < 1.29 is 5.11 Å².